The average molecular weight is 321 g/mol. The average Bonchev–Trinajstić information content (AvgIpc) is 3.09. The van der Waals surface area contributed by atoms with Crippen molar-refractivity contribution < 1.29 is 4.79 Å². The fraction of sp³-hybridized carbons (Fsp3) is 0.375. The Balaban J connectivity index is 1.50. The van der Waals surface area contributed by atoms with Crippen LogP contribution in [0.15, 0.2) is 29.8 Å². The number of hydrogen-bond donors (Lipinski definition) is 1. The van der Waals surface area contributed by atoms with E-state index in [0.717, 1.165) is 35.7 Å². The van der Waals surface area contributed by atoms with Crippen molar-refractivity contribution in [3.05, 3.63) is 50.9 Å². The first kappa shape index (κ1) is 14.5. The summed E-state index contributed by atoms with van der Waals surface area (Å²) in [5.41, 5.74) is 2.48. The lowest BCUT2D eigenvalue weighted by atomic mass is 10.1. The van der Waals surface area contributed by atoms with Crippen LogP contribution in [0, 0.1) is 0 Å². The molecule has 2 aromatic rings. The van der Waals surface area contributed by atoms with Gasteiger partial charge in [-0.2, -0.15) is 0 Å². The highest BCUT2D eigenvalue weighted by Gasteiger charge is 2.23. The molecule has 0 aliphatic heterocycles. The minimum Gasteiger partial charge on any atom is -0.349 e. The number of aryl methyl sites for hydroxylation is 2. The van der Waals surface area contributed by atoms with Crippen molar-refractivity contribution in [2.45, 2.75) is 38.1 Å². The van der Waals surface area contributed by atoms with Crippen molar-refractivity contribution in [3.63, 3.8) is 0 Å². The fourth-order valence-electron chi connectivity index (χ4n) is 2.78. The number of nitrogens with zero attached hydrogens (tertiary/aromatic N) is 1. The molecule has 0 spiro atoms. The third-order valence-electron chi connectivity index (χ3n) is 3.80. The molecule has 0 radical (unpaired) electrons. The molecular weight excluding hydrogens is 304 g/mol. The van der Waals surface area contributed by atoms with Crippen molar-refractivity contribution in [3.8, 4) is 0 Å². The van der Waals surface area contributed by atoms with Crippen molar-refractivity contribution in [1.82, 2.24) is 10.3 Å². The van der Waals surface area contributed by atoms with Crippen molar-refractivity contribution in [1.29, 1.82) is 0 Å². The minimum atomic E-state index is 0.124. The predicted molar refractivity (Wildman–Crippen MR) is 85.7 cm³/mol. The Hall–Kier alpha value is -1.39. The molecule has 0 fully saturated rings. The molecule has 0 saturated carbocycles. The van der Waals surface area contributed by atoms with E-state index in [1.165, 1.54) is 11.1 Å². The molecule has 0 bridgehead atoms. The van der Waals surface area contributed by atoms with Crippen LogP contribution in [-0.4, -0.2) is 10.9 Å². The number of thiazole rings is 1. The van der Waals surface area contributed by atoms with Crippen LogP contribution in [0.1, 0.15) is 41.4 Å². The lowest BCUT2D eigenvalue weighted by molar-refractivity contribution is -0.121. The molecule has 1 aliphatic carbocycles. The quantitative estimate of drug-likeness (QED) is 0.907. The highest BCUT2D eigenvalue weighted by Crippen LogP contribution is 2.32. The number of nitrogens with one attached hydrogen (secondary N) is 1. The molecule has 0 saturated heterocycles. The summed E-state index contributed by atoms with van der Waals surface area (Å²) in [7, 11) is 0. The summed E-state index contributed by atoms with van der Waals surface area (Å²) < 4.78 is 0. The first-order valence-corrected chi connectivity index (χ1v) is 8.44. The number of hydrogen-bond acceptors (Lipinski definition) is 3. The molecule has 1 N–H and O–H groups in total. The van der Waals surface area contributed by atoms with Gasteiger partial charge in [-0.15, -0.1) is 11.3 Å². The van der Waals surface area contributed by atoms with Gasteiger partial charge in [-0.05, 0) is 48.9 Å². The second-order valence-corrected chi connectivity index (χ2v) is 6.70. The third-order valence-corrected chi connectivity index (χ3v) is 4.87. The lowest BCUT2D eigenvalue weighted by Crippen LogP contribution is -2.26. The number of halogens is 1. The Morgan fingerprint density at radius 1 is 1.48 bits per heavy atom. The van der Waals surface area contributed by atoms with Gasteiger partial charge >= 0.3 is 0 Å². The number of carbonyl (C=O) groups excluding carboxylic acids is 1. The molecule has 1 unspecified atom stereocenters. The number of fused-ring (bicyclic) bond motifs is 1. The molecule has 1 atom stereocenters. The molecule has 3 nitrogen and oxygen atoms in total. The topological polar surface area (TPSA) is 42.0 Å². The summed E-state index contributed by atoms with van der Waals surface area (Å²) in [6, 6.07) is 6.08. The van der Waals surface area contributed by atoms with Crippen molar-refractivity contribution in [2.75, 3.05) is 0 Å². The fourth-order valence-corrected chi connectivity index (χ4v) is 3.64. The second kappa shape index (κ2) is 6.58. The monoisotopic (exact) mass is 320 g/mol. The molecule has 5 heteroatoms. The molecule has 1 amide bonds. The maximum absolute atomic E-state index is 12.1. The van der Waals surface area contributed by atoms with Crippen LogP contribution in [0.3, 0.4) is 0 Å². The molecule has 21 heavy (non-hydrogen) atoms. The van der Waals surface area contributed by atoms with Gasteiger partial charge < -0.3 is 5.32 Å². The smallest absolute Gasteiger partial charge is 0.220 e. The van der Waals surface area contributed by atoms with Gasteiger partial charge in [-0.1, -0.05) is 17.7 Å². The number of benzene rings is 1. The van der Waals surface area contributed by atoms with E-state index in [1.54, 1.807) is 17.5 Å². The van der Waals surface area contributed by atoms with E-state index < -0.39 is 0 Å². The Kier molecular flexibility index (Phi) is 4.56. The summed E-state index contributed by atoms with van der Waals surface area (Å²) in [4.78, 5) is 16.3. The van der Waals surface area contributed by atoms with Gasteiger partial charge in [0, 0.05) is 23.0 Å². The lowest BCUT2D eigenvalue weighted by Gasteiger charge is -2.14. The Labute approximate surface area is 133 Å². The summed E-state index contributed by atoms with van der Waals surface area (Å²) >= 11 is 7.65. The summed E-state index contributed by atoms with van der Waals surface area (Å²) in [6.45, 7) is 0. The molecule has 1 aliphatic rings. The first-order chi connectivity index (χ1) is 10.2. The number of carbonyl (C=O) groups is 1. The molecular formula is C16H17ClN2OS. The van der Waals surface area contributed by atoms with E-state index in [2.05, 4.69) is 10.3 Å². The zero-order valence-corrected chi connectivity index (χ0v) is 13.2. The third kappa shape index (κ3) is 3.63. The van der Waals surface area contributed by atoms with Crippen molar-refractivity contribution >= 4 is 28.8 Å². The van der Waals surface area contributed by atoms with E-state index in [-0.39, 0.29) is 11.9 Å². The van der Waals surface area contributed by atoms with E-state index in [9.17, 15) is 4.79 Å². The van der Waals surface area contributed by atoms with E-state index >= 15 is 0 Å². The Morgan fingerprint density at radius 2 is 2.38 bits per heavy atom. The zero-order valence-electron chi connectivity index (χ0n) is 11.6. The second-order valence-electron chi connectivity index (χ2n) is 5.28. The van der Waals surface area contributed by atoms with Crippen LogP contribution in [-0.2, 0) is 17.6 Å². The van der Waals surface area contributed by atoms with Gasteiger partial charge in [-0.25, -0.2) is 4.98 Å². The SMILES string of the molecule is O=C(CCCc1nccs1)NC1CCc2cc(Cl)ccc21. The van der Waals surface area contributed by atoms with Crippen LogP contribution in [0.5, 0.6) is 0 Å². The maximum Gasteiger partial charge on any atom is 0.220 e. The standard InChI is InChI=1S/C16H17ClN2OS/c17-12-5-6-13-11(10-12)4-7-14(13)19-15(20)2-1-3-16-18-8-9-21-16/h5-6,8-10,14H,1-4,7H2,(H,19,20). The largest absolute Gasteiger partial charge is 0.349 e. The molecule has 3 rings (SSSR count). The number of amides is 1. The Morgan fingerprint density at radius 3 is 3.19 bits per heavy atom. The van der Waals surface area contributed by atoms with Gasteiger partial charge in [-0.3, -0.25) is 4.79 Å². The number of aromatic nitrogens is 1. The van der Waals surface area contributed by atoms with Crippen LogP contribution in [0.4, 0.5) is 0 Å². The van der Waals surface area contributed by atoms with Gasteiger partial charge in [0.1, 0.15) is 0 Å². The van der Waals surface area contributed by atoms with Crippen LogP contribution >= 0.6 is 22.9 Å². The van der Waals surface area contributed by atoms with Gasteiger partial charge in [0.2, 0.25) is 5.91 Å². The van der Waals surface area contributed by atoms with E-state index in [0.29, 0.717) is 6.42 Å². The number of rotatable bonds is 5. The highest BCUT2D eigenvalue weighted by atomic mass is 35.5. The summed E-state index contributed by atoms with van der Waals surface area (Å²) in [5.74, 6) is 0.124. The molecule has 1 aromatic carbocycles. The zero-order chi connectivity index (χ0) is 14.7. The predicted octanol–water partition coefficient (Wildman–Crippen LogP) is 3.92. The van der Waals surface area contributed by atoms with Gasteiger partial charge in [0.25, 0.3) is 0 Å². The summed E-state index contributed by atoms with van der Waals surface area (Å²) in [6.07, 6.45) is 6.04. The van der Waals surface area contributed by atoms with Gasteiger partial charge in [0.05, 0.1) is 11.0 Å². The maximum atomic E-state index is 12.1. The van der Waals surface area contributed by atoms with Crippen molar-refractivity contribution in [2.24, 2.45) is 0 Å². The first-order valence-electron chi connectivity index (χ1n) is 7.18. The van der Waals surface area contributed by atoms with Crippen LogP contribution in [0.25, 0.3) is 0 Å². The van der Waals surface area contributed by atoms with Gasteiger partial charge in [0.15, 0.2) is 0 Å². The normalized spacial score (nSPS) is 16.7. The van der Waals surface area contributed by atoms with E-state index in [4.69, 9.17) is 11.6 Å². The van der Waals surface area contributed by atoms with Crippen LogP contribution in [0.2, 0.25) is 5.02 Å². The molecule has 1 aromatic heterocycles. The minimum absolute atomic E-state index is 0.124. The summed E-state index contributed by atoms with van der Waals surface area (Å²) in [5, 5.41) is 6.97. The highest BCUT2D eigenvalue weighted by molar-refractivity contribution is 7.09. The van der Waals surface area contributed by atoms with Crippen LogP contribution < -0.4 is 5.32 Å². The Bertz CT molecular complexity index is 627. The molecule has 1 heterocycles. The molecule has 110 valence electrons. The van der Waals surface area contributed by atoms with E-state index in [1.807, 2.05) is 23.6 Å².